The van der Waals surface area contributed by atoms with Crippen LogP contribution in [-0.4, -0.2) is 88.3 Å². The first-order chi connectivity index (χ1) is 16.2. The van der Waals surface area contributed by atoms with Gasteiger partial charge < -0.3 is 36.6 Å². The molecule has 1 saturated heterocycles. The van der Waals surface area contributed by atoms with Gasteiger partial charge in [0.2, 0.25) is 17.7 Å². The van der Waals surface area contributed by atoms with Crippen molar-refractivity contribution >= 4 is 35.5 Å². The number of aliphatic carboxylic acids is 1. The van der Waals surface area contributed by atoms with Gasteiger partial charge >= 0.3 is 5.97 Å². The molecule has 0 bridgehead atoms. The highest BCUT2D eigenvalue weighted by molar-refractivity contribution is 7.98. The van der Waals surface area contributed by atoms with Crippen LogP contribution in [0.15, 0.2) is 24.3 Å². The minimum atomic E-state index is -1.40. The first-order valence-corrected chi connectivity index (χ1v) is 12.4. The van der Waals surface area contributed by atoms with Gasteiger partial charge in [-0.1, -0.05) is 12.1 Å². The quantitative estimate of drug-likeness (QED) is 0.180. The molecular weight excluding hydrogens is 464 g/mol. The molecule has 7 N–H and O–H groups in total. The van der Waals surface area contributed by atoms with Gasteiger partial charge in [-0.3, -0.25) is 14.4 Å². The Bertz CT molecular complexity index is 846. The van der Waals surface area contributed by atoms with E-state index in [4.69, 9.17) is 0 Å². The molecule has 0 saturated carbocycles. The van der Waals surface area contributed by atoms with Crippen LogP contribution >= 0.6 is 11.8 Å². The second kappa shape index (κ2) is 13.8. The zero-order valence-corrected chi connectivity index (χ0v) is 19.8. The van der Waals surface area contributed by atoms with E-state index in [-0.39, 0.29) is 24.1 Å². The number of benzene rings is 1. The second-order valence-electron chi connectivity index (χ2n) is 8.01. The number of nitrogens with one attached hydrogen (secondary N) is 4. The zero-order chi connectivity index (χ0) is 25.1. The molecule has 1 aromatic rings. The average molecular weight is 497 g/mol. The number of hydrogen-bond acceptors (Lipinski definition) is 8. The van der Waals surface area contributed by atoms with Gasteiger partial charge in [0.15, 0.2) is 0 Å². The number of phenols is 1. The predicted octanol–water partition coefficient (Wildman–Crippen LogP) is -1.03. The van der Waals surface area contributed by atoms with Gasteiger partial charge in [0.25, 0.3) is 0 Å². The molecule has 0 spiro atoms. The summed E-state index contributed by atoms with van der Waals surface area (Å²) >= 11 is 1.49. The van der Waals surface area contributed by atoms with Crippen molar-refractivity contribution in [1.82, 2.24) is 21.3 Å². The molecule has 1 aliphatic heterocycles. The Morgan fingerprint density at radius 2 is 1.71 bits per heavy atom. The van der Waals surface area contributed by atoms with E-state index < -0.39 is 42.5 Å². The topological polar surface area (TPSA) is 177 Å². The molecular formula is C22H32N4O7S. The highest BCUT2D eigenvalue weighted by Crippen LogP contribution is 2.12. The third kappa shape index (κ3) is 8.50. The number of aliphatic hydroxyl groups is 1. The molecule has 12 heteroatoms. The minimum absolute atomic E-state index is 0.0227. The summed E-state index contributed by atoms with van der Waals surface area (Å²) in [6.45, 7) is -0.0299. The Hall–Kier alpha value is -2.83. The maximum atomic E-state index is 12.8. The molecule has 1 fully saturated rings. The number of carboxylic acid groups (broad SMARTS) is 1. The number of thioether (sulfide) groups is 1. The van der Waals surface area contributed by atoms with Gasteiger partial charge in [-0.15, -0.1) is 0 Å². The summed E-state index contributed by atoms with van der Waals surface area (Å²) < 4.78 is 0. The zero-order valence-electron chi connectivity index (χ0n) is 19.0. The van der Waals surface area contributed by atoms with E-state index in [0.29, 0.717) is 24.2 Å². The molecule has 1 aliphatic rings. The molecule has 11 nitrogen and oxygen atoms in total. The van der Waals surface area contributed by atoms with Crippen LogP contribution in [0.4, 0.5) is 0 Å². The molecule has 0 aliphatic carbocycles. The largest absolute Gasteiger partial charge is 0.508 e. The van der Waals surface area contributed by atoms with E-state index in [1.807, 2.05) is 6.26 Å². The van der Waals surface area contributed by atoms with Gasteiger partial charge in [-0.25, -0.2) is 4.79 Å². The fraction of sp³-hybridized carbons (Fsp3) is 0.545. The number of amides is 3. The van der Waals surface area contributed by atoms with Crippen LogP contribution < -0.4 is 21.3 Å². The fourth-order valence-electron chi connectivity index (χ4n) is 3.49. The SMILES string of the molecule is CSCCC(NC(=O)C1CCCN1)C(=O)NC(CO)C(=O)NC(Cc1ccc(O)cc1)C(=O)O. The number of aromatic hydroxyl groups is 1. The van der Waals surface area contributed by atoms with Crippen molar-refractivity contribution in [2.75, 3.05) is 25.2 Å². The Morgan fingerprint density at radius 1 is 1.06 bits per heavy atom. The van der Waals surface area contributed by atoms with Crippen molar-refractivity contribution in [3.8, 4) is 5.75 Å². The van der Waals surface area contributed by atoms with E-state index in [1.54, 1.807) is 0 Å². The molecule has 1 heterocycles. The first-order valence-electron chi connectivity index (χ1n) is 11.0. The molecule has 2 rings (SSSR count). The van der Waals surface area contributed by atoms with Crippen LogP contribution in [0.25, 0.3) is 0 Å². The van der Waals surface area contributed by atoms with Gasteiger partial charge in [-0.05, 0) is 55.5 Å². The third-order valence-electron chi connectivity index (χ3n) is 5.43. The Labute approximate surface area is 202 Å². The van der Waals surface area contributed by atoms with Crippen LogP contribution in [0.5, 0.6) is 5.75 Å². The van der Waals surface area contributed by atoms with Crippen molar-refractivity contribution in [1.29, 1.82) is 0 Å². The fourth-order valence-corrected chi connectivity index (χ4v) is 3.96. The van der Waals surface area contributed by atoms with Crippen LogP contribution in [0.2, 0.25) is 0 Å². The van der Waals surface area contributed by atoms with E-state index in [1.165, 1.54) is 36.0 Å². The Kier molecular flexibility index (Phi) is 11.1. The number of rotatable bonds is 13. The van der Waals surface area contributed by atoms with Crippen molar-refractivity contribution in [3.63, 3.8) is 0 Å². The molecule has 1 aromatic carbocycles. The Morgan fingerprint density at radius 3 is 2.26 bits per heavy atom. The second-order valence-corrected chi connectivity index (χ2v) is 8.99. The van der Waals surface area contributed by atoms with Gasteiger partial charge in [0.1, 0.15) is 23.9 Å². The number of hydrogen-bond donors (Lipinski definition) is 7. The average Bonchev–Trinajstić information content (AvgIpc) is 3.35. The Balaban J connectivity index is 2.01. The number of carbonyl (C=O) groups excluding carboxylic acids is 3. The van der Waals surface area contributed by atoms with Crippen LogP contribution in [0.3, 0.4) is 0 Å². The summed E-state index contributed by atoms with van der Waals surface area (Å²) in [7, 11) is 0. The van der Waals surface area contributed by atoms with E-state index >= 15 is 0 Å². The molecule has 4 unspecified atom stereocenters. The third-order valence-corrected chi connectivity index (χ3v) is 6.07. The summed E-state index contributed by atoms with van der Waals surface area (Å²) in [6, 6.07) is 1.86. The predicted molar refractivity (Wildman–Crippen MR) is 126 cm³/mol. The normalized spacial score (nSPS) is 17.9. The standard InChI is InChI=1S/C22H32N4O7S/c1-34-10-8-16(24-19(29)15-3-2-9-23-15)20(30)26-18(12-27)21(31)25-17(22(32)33)11-13-4-6-14(28)7-5-13/h4-7,15-18,23,27-28H,2-3,8-12H2,1H3,(H,24,29)(H,25,31)(H,26,30)(H,32,33). The lowest BCUT2D eigenvalue weighted by Crippen LogP contribution is -2.58. The van der Waals surface area contributed by atoms with Gasteiger partial charge in [-0.2, -0.15) is 11.8 Å². The monoisotopic (exact) mass is 496 g/mol. The maximum Gasteiger partial charge on any atom is 0.326 e. The summed E-state index contributed by atoms with van der Waals surface area (Å²) in [4.78, 5) is 49.6. The van der Waals surface area contributed by atoms with Gasteiger partial charge in [0, 0.05) is 6.42 Å². The number of carboxylic acids is 1. The maximum absolute atomic E-state index is 12.8. The van der Waals surface area contributed by atoms with E-state index in [0.717, 1.165) is 13.0 Å². The lowest BCUT2D eigenvalue weighted by molar-refractivity contribution is -0.142. The summed E-state index contributed by atoms with van der Waals surface area (Å²) in [6.07, 6.45) is 3.65. The summed E-state index contributed by atoms with van der Waals surface area (Å²) in [5.41, 5.74) is 0.565. The summed E-state index contributed by atoms with van der Waals surface area (Å²) in [5.74, 6) is -2.49. The van der Waals surface area contributed by atoms with Crippen molar-refractivity contribution < 1.29 is 34.5 Å². The van der Waals surface area contributed by atoms with Crippen LogP contribution in [-0.2, 0) is 25.6 Å². The molecule has 34 heavy (non-hydrogen) atoms. The van der Waals surface area contributed by atoms with Crippen LogP contribution in [0.1, 0.15) is 24.8 Å². The van der Waals surface area contributed by atoms with Crippen molar-refractivity contribution in [2.24, 2.45) is 0 Å². The first kappa shape index (κ1) is 27.4. The van der Waals surface area contributed by atoms with Crippen LogP contribution in [0, 0.1) is 0 Å². The van der Waals surface area contributed by atoms with Crippen molar-refractivity contribution in [3.05, 3.63) is 29.8 Å². The van der Waals surface area contributed by atoms with E-state index in [9.17, 15) is 34.5 Å². The van der Waals surface area contributed by atoms with Gasteiger partial charge in [0.05, 0.1) is 12.6 Å². The highest BCUT2D eigenvalue weighted by Gasteiger charge is 2.31. The molecule has 0 radical (unpaired) electrons. The molecule has 0 aromatic heterocycles. The number of phenolic OH excluding ortho intramolecular Hbond substituents is 1. The molecule has 3 amide bonds. The number of carbonyl (C=O) groups is 4. The minimum Gasteiger partial charge on any atom is -0.508 e. The molecule has 188 valence electrons. The number of aliphatic hydroxyl groups excluding tert-OH is 1. The molecule has 4 atom stereocenters. The van der Waals surface area contributed by atoms with E-state index in [2.05, 4.69) is 21.3 Å². The summed E-state index contributed by atoms with van der Waals surface area (Å²) in [5, 5.41) is 39.0. The lowest BCUT2D eigenvalue weighted by atomic mass is 10.1. The smallest absolute Gasteiger partial charge is 0.326 e. The lowest BCUT2D eigenvalue weighted by Gasteiger charge is -2.24. The van der Waals surface area contributed by atoms with Crippen molar-refractivity contribution in [2.45, 2.75) is 49.9 Å². The highest BCUT2D eigenvalue weighted by atomic mass is 32.2.